The van der Waals surface area contributed by atoms with E-state index in [-0.39, 0.29) is 6.54 Å². The van der Waals surface area contributed by atoms with Crippen molar-refractivity contribution in [3.63, 3.8) is 0 Å². The molecule has 1 aliphatic rings. The van der Waals surface area contributed by atoms with E-state index in [1.165, 1.54) is 24.9 Å². The number of hydrogen-bond acceptors (Lipinski definition) is 9. The molecule has 2 aromatic rings. The third-order valence-corrected chi connectivity index (χ3v) is 7.89. The number of benzene rings is 1. The number of nitrogens with zero attached hydrogens (tertiary/aromatic N) is 3. The Hall–Kier alpha value is -3.47. The van der Waals surface area contributed by atoms with Crippen LogP contribution in [0.1, 0.15) is 64.8 Å². The molecule has 4 N–H and O–H groups in total. The van der Waals surface area contributed by atoms with E-state index in [9.17, 15) is 29.5 Å². The summed E-state index contributed by atoms with van der Waals surface area (Å²) in [6.45, 7) is 7.81. The Bertz CT molecular complexity index is 1560. The van der Waals surface area contributed by atoms with Gasteiger partial charge in [0.15, 0.2) is 5.41 Å². The van der Waals surface area contributed by atoms with Crippen LogP contribution in [0.4, 0.5) is 0 Å². The largest absolute Gasteiger partial charge is 0.460 e. The highest BCUT2D eigenvalue weighted by atomic mass is 35.6. The van der Waals surface area contributed by atoms with Gasteiger partial charge in [-0.05, 0) is 57.2 Å². The van der Waals surface area contributed by atoms with Gasteiger partial charge in [0.25, 0.3) is 5.91 Å². The minimum absolute atomic E-state index is 0.277. The maximum Gasteiger partial charge on any atom is 0.325 e. The maximum atomic E-state index is 13.4. The van der Waals surface area contributed by atoms with E-state index < -0.39 is 69.7 Å². The van der Waals surface area contributed by atoms with Gasteiger partial charge in [-0.1, -0.05) is 79.0 Å². The van der Waals surface area contributed by atoms with Crippen molar-refractivity contribution in [3.8, 4) is 6.07 Å². The molecule has 0 spiro atoms. The summed E-state index contributed by atoms with van der Waals surface area (Å²) >= 11 is 16.9. The van der Waals surface area contributed by atoms with Crippen molar-refractivity contribution >= 4 is 75.5 Å². The molecule has 3 amide bonds. The van der Waals surface area contributed by atoms with Crippen LogP contribution in [-0.2, 0) is 23.9 Å². The Morgan fingerprint density at radius 1 is 1.17 bits per heavy atom. The zero-order valence-corrected chi connectivity index (χ0v) is 29.0. The molecule has 1 aromatic carbocycles. The van der Waals surface area contributed by atoms with Gasteiger partial charge in [-0.25, -0.2) is 5.43 Å². The summed E-state index contributed by atoms with van der Waals surface area (Å²) < 4.78 is 3.24. The second-order valence-electron chi connectivity index (χ2n) is 12.0. The van der Waals surface area contributed by atoms with E-state index in [1.54, 1.807) is 39.0 Å². The molecule has 0 radical (unpaired) electrons. The summed E-state index contributed by atoms with van der Waals surface area (Å²) in [7, 11) is 0. The Labute approximate surface area is 288 Å². The number of amides is 3. The molecule has 3 rings (SSSR count). The molecule has 254 valence electrons. The van der Waals surface area contributed by atoms with Gasteiger partial charge >= 0.3 is 5.97 Å². The standard InChI is InChI=1S/C32H39Cl3N6O6/c1-18(2)26(27(43)37-19(3)28(44)41-14-6-7-24(40-41)29(45)47-17-32(33,34)35)39-30(46)31(5,16-36)13-12-21-8-9-22-10-11-23(20(4)42)38-25(22)15-21/h8-13,15,18-20,24,26,40,42H,6-7,14,17H2,1-5H3,(H,37,43)(H,39,46). The number of halogens is 3. The second kappa shape index (κ2) is 16.1. The molecular formula is C32H39Cl3N6O6. The van der Waals surface area contributed by atoms with Crippen LogP contribution < -0.4 is 16.1 Å². The fourth-order valence-corrected chi connectivity index (χ4v) is 4.87. The Morgan fingerprint density at radius 3 is 2.47 bits per heavy atom. The lowest BCUT2D eigenvalue weighted by Gasteiger charge is -2.35. The fraction of sp³-hybridized carbons (Fsp3) is 0.500. The molecule has 5 unspecified atom stereocenters. The molecule has 1 aliphatic heterocycles. The molecule has 5 atom stereocenters. The summed E-state index contributed by atoms with van der Waals surface area (Å²) in [5, 5.41) is 27.2. The van der Waals surface area contributed by atoms with Crippen molar-refractivity contribution in [1.82, 2.24) is 26.1 Å². The molecule has 1 fully saturated rings. The minimum atomic E-state index is -1.78. The lowest BCUT2D eigenvalue weighted by Crippen LogP contribution is -2.61. The molecule has 2 heterocycles. The Kier molecular flexibility index (Phi) is 13.0. The topological polar surface area (TPSA) is 174 Å². The van der Waals surface area contributed by atoms with Crippen molar-refractivity contribution in [1.29, 1.82) is 5.26 Å². The first-order valence-corrected chi connectivity index (χ1v) is 16.2. The van der Waals surface area contributed by atoms with Crippen molar-refractivity contribution in [3.05, 3.63) is 47.7 Å². The first-order valence-electron chi connectivity index (χ1n) is 15.1. The lowest BCUT2D eigenvalue weighted by atomic mass is 9.89. The number of aromatic nitrogens is 1. The number of pyridine rings is 1. The van der Waals surface area contributed by atoms with Crippen molar-refractivity contribution in [2.45, 2.75) is 75.5 Å². The maximum absolute atomic E-state index is 13.4. The smallest absolute Gasteiger partial charge is 0.325 e. The van der Waals surface area contributed by atoms with Gasteiger partial charge in [0.2, 0.25) is 15.6 Å². The van der Waals surface area contributed by atoms with E-state index in [0.717, 1.165) is 5.39 Å². The van der Waals surface area contributed by atoms with E-state index in [0.29, 0.717) is 29.6 Å². The molecule has 47 heavy (non-hydrogen) atoms. The number of rotatable bonds is 11. The van der Waals surface area contributed by atoms with E-state index in [4.69, 9.17) is 39.5 Å². The highest BCUT2D eigenvalue weighted by Gasteiger charge is 2.37. The molecule has 0 saturated carbocycles. The molecule has 0 bridgehead atoms. The number of fused-ring (bicyclic) bond motifs is 1. The number of hydrogen-bond donors (Lipinski definition) is 4. The van der Waals surface area contributed by atoms with Gasteiger partial charge in [-0.15, -0.1) is 0 Å². The molecule has 12 nitrogen and oxygen atoms in total. The number of nitriles is 1. The van der Waals surface area contributed by atoms with Crippen molar-refractivity contribution in [2.75, 3.05) is 13.2 Å². The molecule has 1 saturated heterocycles. The SMILES string of the molecule is CC(NC(=O)C(NC(=O)C(C)(C#N)C=Cc1ccc2ccc(C(C)O)nc2c1)C(C)C)C(=O)N1CCCC(C(=O)OCC(Cl)(Cl)Cl)N1. The van der Waals surface area contributed by atoms with Crippen LogP contribution in [0.5, 0.6) is 0 Å². The number of nitrogens with one attached hydrogen (secondary N) is 3. The van der Waals surface area contributed by atoms with E-state index >= 15 is 0 Å². The van der Waals surface area contributed by atoms with Gasteiger partial charge in [0, 0.05) is 11.9 Å². The summed E-state index contributed by atoms with van der Waals surface area (Å²) in [5.74, 6) is -2.92. The third kappa shape index (κ3) is 10.5. The number of carbonyl (C=O) groups excluding carboxylic acids is 4. The number of aliphatic hydroxyl groups excluding tert-OH is 1. The van der Waals surface area contributed by atoms with Gasteiger partial charge in [-0.2, -0.15) is 5.26 Å². The number of hydrazine groups is 1. The van der Waals surface area contributed by atoms with E-state index in [1.807, 2.05) is 24.3 Å². The quantitative estimate of drug-likeness (QED) is 0.199. The highest BCUT2D eigenvalue weighted by molar-refractivity contribution is 6.67. The van der Waals surface area contributed by atoms with Gasteiger partial charge in [-0.3, -0.25) is 29.2 Å². The van der Waals surface area contributed by atoms with Crippen molar-refractivity contribution in [2.24, 2.45) is 11.3 Å². The van der Waals surface area contributed by atoms with Crippen LogP contribution in [0.2, 0.25) is 0 Å². The summed E-state index contributed by atoms with van der Waals surface area (Å²) in [4.78, 5) is 56.7. The Morgan fingerprint density at radius 2 is 1.85 bits per heavy atom. The van der Waals surface area contributed by atoms with Crippen LogP contribution in [0.25, 0.3) is 17.0 Å². The predicted octanol–water partition coefficient (Wildman–Crippen LogP) is 3.89. The van der Waals surface area contributed by atoms with E-state index in [2.05, 4.69) is 21.0 Å². The van der Waals surface area contributed by atoms with Crippen LogP contribution in [0, 0.1) is 22.7 Å². The van der Waals surface area contributed by atoms with Gasteiger partial charge < -0.3 is 20.5 Å². The fourth-order valence-electron chi connectivity index (χ4n) is 4.71. The summed E-state index contributed by atoms with van der Waals surface area (Å²) in [6.07, 6.45) is 3.20. The first-order chi connectivity index (χ1) is 21.9. The number of ether oxygens (including phenoxy) is 1. The number of alkyl halides is 3. The molecule has 0 aliphatic carbocycles. The predicted molar refractivity (Wildman–Crippen MR) is 179 cm³/mol. The highest BCUT2D eigenvalue weighted by Crippen LogP contribution is 2.26. The van der Waals surface area contributed by atoms with Crippen LogP contribution in [0.3, 0.4) is 0 Å². The normalized spacial score (nSPS) is 18.6. The molecular weight excluding hydrogens is 671 g/mol. The first kappa shape index (κ1) is 38.0. The minimum Gasteiger partial charge on any atom is -0.460 e. The van der Waals surface area contributed by atoms with Crippen molar-refractivity contribution < 1.29 is 29.0 Å². The molecule has 1 aromatic heterocycles. The summed E-state index contributed by atoms with van der Waals surface area (Å²) in [6, 6.07) is 8.10. The number of carbonyl (C=O) groups is 4. The van der Waals surface area contributed by atoms with Gasteiger partial charge in [0.05, 0.1) is 23.4 Å². The van der Waals surface area contributed by atoms with Crippen LogP contribution in [-0.4, -0.2) is 73.9 Å². The molecule has 15 heteroatoms. The van der Waals surface area contributed by atoms with Crippen LogP contribution >= 0.6 is 34.8 Å². The zero-order valence-electron chi connectivity index (χ0n) is 26.7. The third-order valence-electron chi connectivity index (χ3n) is 7.56. The van der Waals surface area contributed by atoms with Crippen LogP contribution in [0.15, 0.2) is 36.4 Å². The Balaban J connectivity index is 1.66. The summed E-state index contributed by atoms with van der Waals surface area (Å²) in [5.41, 5.74) is 3.00. The average Bonchev–Trinajstić information content (AvgIpc) is 3.03. The average molecular weight is 710 g/mol. The lowest BCUT2D eigenvalue weighted by molar-refractivity contribution is -0.152. The van der Waals surface area contributed by atoms with Gasteiger partial charge in [0.1, 0.15) is 24.7 Å². The number of esters is 1. The second-order valence-corrected chi connectivity index (χ2v) is 14.5. The monoisotopic (exact) mass is 708 g/mol. The number of aliphatic hydroxyl groups is 1. The zero-order chi connectivity index (χ0) is 35.1.